The number of nitrogens with zero attached hydrogens (tertiary/aromatic N) is 2. The van der Waals surface area contributed by atoms with Crippen molar-refractivity contribution in [2.45, 2.75) is 42.4 Å². The van der Waals surface area contributed by atoms with E-state index in [1.165, 1.54) is 32.1 Å². The summed E-state index contributed by atoms with van der Waals surface area (Å²) in [5, 5.41) is 12.7. The first-order chi connectivity index (χ1) is 8.84. The fourth-order valence-electron chi connectivity index (χ4n) is 2.47. The van der Waals surface area contributed by atoms with Gasteiger partial charge in [-0.05, 0) is 12.8 Å². The molecule has 1 aliphatic rings. The topological polar surface area (TPSA) is 25.8 Å². The van der Waals surface area contributed by atoms with Crippen LogP contribution in [0.15, 0.2) is 29.3 Å². The third kappa shape index (κ3) is 2.47. The van der Waals surface area contributed by atoms with Gasteiger partial charge in [0.2, 0.25) is 0 Å². The van der Waals surface area contributed by atoms with Gasteiger partial charge in [-0.3, -0.25) is 0 Å². The van der Waals surface area contributed by atoms with Crippen LogP contribution in [-0.2, 0) is 0 Å². The predicted octanol–water partition coefficient (Wildman–Crippen LogP) is 4.71. The van der Waals surface area contributed by atoms with Crippen LogP contribution in [0.1, 0.15) is 32.1 Å². The van der Waals surface area contributed by atoms with Gasteiger partial charge >= 0.3 is 0 Å². The van der Waals surface area contributed by atoms with E-state index in [2.05, 4.69) is 16.3 Å². The second-order valence-electron chi connectivity index (χ2n) is 4.72. The van der Waals surface area contributed by atoms with Gasteiger partial charge in [0.05, 0.1) is 0 Å². The van der Waals surface area contributed by atoms with Gasteiger partial charge in [0.1, 0.15) is 5.03 Å². The van der Waals surface area contributed by atoms with Crippen molar-refractivity contribution in [3.8, 4) is 0 Å². The molecule has 0 unspecified atom stereocenters. The number of rotatable bonds is 2. The van der Waals surface area contributed by atoms with Gasteiger partial charge < -0.3 is 0 Å². The molecular weight excluding hydrogens is 264 g/mol. The molecule has 2 aromatic rings. The minimum absolute atomic E-state index is 0.499. The minimum atomic E-state index is 0.499. The Hall–Kier alpha value is -0.800. The molecule has 1 aromatic carbocycles. The van der Waals surface area contributed by atoms with E-state index in [4.69, 9.17) is 11.6 Å². The fraction of sp³-hybridized carbons (Fsp3) is 0.429. The van der Waals surface area contributed by atoms with Gasteiger partial charge in [0.15, 0.2) is 5.15 Å². The number of aromatic nitrogens is 2. The Morgan fingerprint density at radius 3 is 2.50 bits per heavy atom. The molecule has 0 amide bonds. The Morgan fingerprint density at radius 2 is 1.72 bits per heavy atom. The standard InChI is InChI=1S/C14H15ClN2S/c15-13-11-8-4-5-9-12(11)14(17-16-13)18-10-6-2-1-3-7-10/h4-5,8-10H,1-3,6-7H2. The van der Waals surface area contributed by atoms with Crippen LogP contribution < -0.4 is 0 Å². The summed E-state index contributed by atoms with van der Waals surface area (Å²) < 4.78 is 0. The normalized spacial score (nSPS) is 17.2. The Balaban J connectivity index is 1.94. The van der Waals surface area contributed by atoms with Gasteiger partial charge in [0.25, 0.3) is 0 Å². The summed E-state index contributed by atoms with van der Waals surface area (Å²) in [6.07, 6.45) is 6.66. The van der Waals surface area contributed by atoms with Crippen molar-refractivity contribution in [2.75, 3.05) is 0 Å². The monoisotopic (exact) mass is 278 g/mol. The molecule has 0 radical (unpaired) electrons. The zero-order valence-electron chi connectivity index (χ0n) is 10.1. The Kier molecular flexibility index (Phi) is 3.71. The second-order valence-corrected chi connectivity index (χ2v) is 6.37. The van der Waals surface area contributed by atoms with Crippen LogP contribution in [0.4, 0.5) is 0 Å². The highest BCUT2D eigenvalue weighted by atomic mass is 35.5. The number of fused-ring (bicyclic) bond motifs is 1. The maximum absolute atomic E-state index is 6.09. The highest BCUT2D eigenvalue weighted by Gasteiger charge is 2.17. The lowest BCUT2D eigenvalue weighted by atomic mass is 10.0. The van der Waals surface area contributed by atoms with Gasteiger partial charge in [0, 0.05) is 16.0 Å². The third-order valence-corrected chi connectivity index (χ3v) is 5.05. The van der Waals surface area contributed by atoms with Crippen molar-refractivity contribution < 1.29 is 0 Å². The van der Waals surface area contributed by atoms with Crippen LogP contribution in [0.2, 0.25) is 5.15 Å². The van der Waals surface area contributed by atoms with Crippen LogP contribution in [0.25, 0.3) is 10.8 Å². The fourth-order valence-corrected chi connectivity index (χ4v) is 3.95. The van der Waals surface area contributed by atoms with Gasteiger partial charge in [-0.15, -0.1) is 22.0 Å². The van der Waals surface area contributed by atoms with Crippen molar-refractivity contribution in [1.29, 1.82) is 0 Å². The molecule has 1 aromatic heterocycles. The van der Waals surface area contributed by atoms with E-state index >= 15 is 0 Å². The molecule has 0 saturated heterocycles. The lowest BCUT2D eigenvalue weighted by Gasteiger charge is -2.20. The van der Waals surface area contributed by atoms with Crippen LogP contribution in [0.5, 0.6) is 0 Å². The van der Waals surface area contributed by atoms with Crippen LogP contribution >= 0.6 is 23.4 Å². The molecular formula is C14H15ClN2S. The van der Waals surface area contributed by atoms with E-state index in [9.17, 15) is 0 Å². The first-order valence-electron chi connectivity index (χ1n) is 6.42. The minimum Gasteiger partial charge on any atom is -0.142 e. The Labute approximate surface area is 116 Å². The predicted molar refractivity (Wildman–Crippen MR) is 77.3 cm³/mol. The van der Waals surface area contributed by atoms with Crippen molar-refractivity contribution >= 4 is 34.1 Å². The lowest BCUT2D eigenvalue weighted by Crippen LogP contribution is -2.08. The number of hydrogen-bond acceptors (Lipinski definition) is 3. The average molecular weight is 279 g/mol. The van der Waals surface area contributed by atoms with Gasteiger partial charge in [-0.25, -0.2) is 0 Å². The molecule has 0 spiro atoms. The third-order valence-electron chi connectivity index (χ3n) is 3.44. The summed E-state index contributed by atoms with van der Waals surface area (Å²) >= 11 is 7.96. The van der Waals surface area contributed by atoms with Crippen LogP contribution in [0.3, 0.4) is 0 Å². The first kappa shape index (κ1) is 12.2. The van der Waals surface area contributed by atoms with E-state index in [1.54, 1.807) is 0 Å². The summed E-state index contributed by atoms with van der Waals surface area (Å²) in [6, 6.07) is 8.12. The molecule has 1 aliphatic carbocycles. The first-order valence-corrected chi connectivity index (χ1v) is 7.68. The molecule has 0 bridgehead atoms. The summed E-state index contributed by atoms with van der Waals surface area (Å²) in [5.41, 5.74) is 0. The molecule has 94 valence electrons. The van der Waals surface area contributed by atoms with Gasteiger partial charge in [-0.1, -0.05) is 55.1 Å². The Morgan fingerprint density at radius 1 is 1.00 bits per heavy atom. The maximum Gasteiger partial charge on any atom is 0.159 e. The van der Waals surface area contributed by atoms with E-state index in [0.717, 1.165) is 15.8 Å². The molecule has 0 N–H and O–H groups in total. The quantitative estimate of drug-likeness (QED) is 0.796. The number of benzene rings is 1. The van der Waals surface area contributed by atoms with Crippen molar-refractivity contribution in [2.24, 2.45) is 0 Å². The van der Waals surface area contributed by atoms with Crippen molar-refractivity contribution in [1.82, 2.24) is 10.2 Å². The zero-order valence-corrected chi connectivity index (χ0v) is 11.7. The van der Waals surface area contributed by atoms with Gasteiger partial charge in [-0.2, -0.15) is 0 Å². The van der Waals surface area contributed by atoms with Crippen LogP contribution in [0, 0.1) is 0 Å². The number of thioether (sulfide) groups is 1. The van der Waals surface area contributed by atoms with E-state index < -0.39 is 0 Å². The van der Waals surface area contributed by atoms with Crippen LogP contribution in [-0.4, -0.2) is 15.4 Å². The highest BCUT2D eigenvalue weighted by molar-refractivity contribution is 8.00. The van der Waals surface area contributed by atoms with Crippen molar-refractivity contribution in [3.05, 3.63) is 29.4 Å². The van der Waals surface area contributed by atoms with E-state index in [0.29, 0.717) is 10.4 Å². The molecule has 0 aliphatic heterocycles. The van der Waals surface area contributed by atoms with E-state index in [-0.39, 0.29) is 0 Å². The largest absolute Gasteiger partial charge is 0.159 e. The zero-order chi connectivity index (χ0) is 12.4. The molecule has 1 fully saturated rings. The Bertz CT molecular complexity index is 552. The SMILES string of the molecule is Clc1nnc(SC2CCCCC2)c2ccccc12. The summed E-state index contributed by atoms with van der Waals surface area (Å²) in [4.78, 5) is 0. The summed E-state index contributed by atoms with van der Waals surface area (Å²) in [5.74, 6) is 0. The molecule has 0 atom stereocenters. The highest BCUT2D eigenvalue weighted by Crippen LogP contribution is 2.36. The molecule has 18 heavy (non-hydrogen) atoms. The molecule has 4 heteroatoms. The number of hydrogen-bond donors (Lipinski definition) is 0. The molecule has 1 saturated carbocycles. The molecule has 2 nitrogen and oxygen atoms in total. The summed E-state index contributed by atoms with van der Waals surface area (Å²) in [7, 11) is 0. The van der Waals surface area contributed by atoms with Crippen molar-refractivity contribution in [3.63, 3.8) is 0 Å². The molecule has 3 rings (SSSR count). The second kappa shape index (κ2) is 5.45. The smallest absolute Gasteiger partial charge is 0.142 e. The van der Waals surface area contributed by atoms with E-state index in [1.807, 2.05) is 30.0 Å². The number of halogens is 1. The molecule has 1 heterocycles. The maximum atomic E-state index is 6.09. The summed E-state index contributed by atoms with van der Waals surface area (Å²) in [6.45, 7) is 0. The lowest BCUT2D eigenvalue weighted by molar-refractivity contribution is 0.515. The average Bonchev–Trinajstić information content (AvgIpc) is 2.44.